The Morgan fingerprint density at radius 3 is 2.46 bits per heavy atom. The number of hydrogen-bond donors (Lipinski definition) is 2. The van der Waals surface area contributed by atoms with Crippen LogP contribution in [0, 0.1) is 0 Å². The molecule has 1 amide bonds. The highest BCUT2D eigenvalue weighted by Gasteiger charge is 2.18. The highest BCUT2D eigenvalue weighted by Crippen LogP contribution is 2.25. The molecular weight excluding hydrogens is 328 g/mol. The monoisotopic (exact) mass is 346 g/mol. The summed E-state index contributed by atoms with van der Waals surface area (Å²) in [7, 11) is 1.31. The predicted octanol–water partition coefficient (Wildman–Crippen LogP) is 2.69. The third kappa shape index (κ3) is 4.81. The Bertz CT molecular complexity index is 698. The van der Waals surface area contributed by atoms with E-state index in [1.807, 2.05) is 48.5 Å². The van der Waals surface area contributed by atoms with Crippen molar-refractivity contribution in [3.63, 3.8) is 0 Å². The smallest absolute Gasteiger partial charge is 0.307 e. The second-order valence-corrected chi connectivity index (χ2v) is 5.67. The van der Waals surface area contributed by atoms with Gasteiger partial charge in [0.05, 0.1) is 26.1 Å². The lowest BCUT2D eigenvalue weighted by atomic mass is 9.99. The SMILES string of the molecule is COC(=O)CC(NC(=O)CN)c1ccc(-c2cccc(Cl)c2)cc1. The number of methoxy groups -OCH3 is 1. The van der Waals surface area contributed by atoms with Gasteiger partial charge in [-0.15, -0.1) is 0 Å². The Hall–Kier alpha value is -2.37. The van der Waals surface area contributed by atoms with Crippen molar-refractivity contribution in [2.75, 3.05) is 13.7 Å². The molecule has 0 aliphatic carbocycles. The average molecular weight is 347 g/mol. The topological polar surface area (TPSA) is 81.4 Å². The van der Waals surface area contributed by atoms with Crippen molar-refractivity contribution >= 4 is 23.5 Å². The van der Waals surface area contributed by atoms with Gasteiger partial charge in [-0.3, -0.25) is 9.59 Å². The van der Waals surface area contributed by atoms with E-state index in [9.17, 15) is 9.59 Å². The molecule has 0 spiro atoms. The molecular formula is C18H19ClN2O3. The first-order chi connectivity index (χ1) is 11.5. The van der Waals surface area contributed by atoms with Crippen LogP contribution in [0.25, 0.3) is 11.1 Å². The molecule has 24 heavy (non-hydrogen) atoms. The summed E-state index contributed by atoms with van der Waals surface area (Å²) >= 11 is 6.01. The van der Waals surface area contributed by atoms with Crippen molar-refractivity contribution in [2.45, 2.75) is 12.5 Å². The zero-order chi connectivity index (χ0) is 17.5. The van der Waals surface area contributed by atoms with Crippen molar-refractivity contribution < 1.29 is 14.3 Å². The maximum Gasteiger partial charge on any atom is 0.307 e. The molecule has 0 bridgehead atoms. The van der Waals surface area contributed by atoms with E-state index < -0.39 is 12.0 Å². The number of carbonyl (C=O) groups excluding carboxylic acids is 2. The van der Waals surface area contributed by atoms with Gasteiger partial charge in [0.1, 0.15) is 0 Å². The normalized spacial score (nSPS) is 11.6. The number of hydrogen-bond acceptors (Lipinski definition) is 4. The van der Waals surface area contributed by atoms with Gasteiger partial charge in [0.15, 0.2) is 0 Å². The number of esters is 1. The van der Waals surface area contributed by atoms with Gasteiger partial charge in [-0.2, -0.15) is 0 Å². The third-order valence-corrected chi connectivity index (χ3v) is 3.83. The van der Waals surface area contributed by atoms with Crippen LogP contribution in [0.1, 0.15) is 18.0 Å². The molecule has 0 fully saturated rings. The largest absolute Gasteiger partial charge is 0.469 e. The van der Waals surface area contributed by atoms with Crippen molar-refractivity contribution in [3.05, 3.63) is 59.1 Å². The van der Waals surface area contributed by atoms with E-state index in [0.29, 0.717) is 5.02 Å². The summed E-state index contributed by atoms with van der Waals surface area (Å²) in [5.41, 5.74) is 8.11. The molecule has 2 aromatic carbocycles. The second kappa shape index (κ2) is 8.47. The fraction of sp³-hybridized carbons (Fsp3) is 0.222. The summed E-state index contributed by atoms with van der Waals surface area (Å²) in [6.45, 7) is -0.141. The number of nitrogens with two attached hydrogens (primary N) is 1. The molecule has 0 aliphatic rings. The first-order valence-electron chi connectivity index (χ1n) is 7.45. The number of nitrogens with one attached hydrogen (secondary N) is 1. The molecule has 0 radical (unpaired) electrons. The molecule has 2 aromatic rings. The number of rotatable bonds is 6. The van der Waals surface area contributed by atoms with Gasteiger partial charge < -0.3 is 15.8 Å². The van der Waals surface area contributed by atoms with Crippen LogP contribution in [0.15, 0.2) is 48.5 Å². The second-order valence-electron chi connectivity index (χ2n) is 5.24. The van der Waals surface area contributed by atoms with Crippen molar-refractivity contribution in [3.8, 4) is 11.1 Å². The number of halogens is 1. The Kier molecular flexibility index (Phi) is 6.35. The predicted molar refractivity (Wildman–Crippen MR) is 93.5 cm³/mol. The van der Waals surface area contributed by atoms with Crippen LogP contribution in [-0.2, 0) is 14.3 Å². The fourth-order valence-corrected chi connectivity index (χ4v) is 2.52. The van der Waals surface area contributed by atoms with Crippen LogP contribution in [0.4, 0.5) is 0 Å². The molecule has 0 saturated carbocycles. The maximum atomic E-state index is 11.6. The summed E-state index contributed by atoms with van der Waals surface area (Å²) in [4.78, 5) is 23.2. The Morgan fingerprint density at radius 2 is 1.88 bits per heavy atom. The van der Waals surface area contributed by atoms with Gasteiger partial charge in [0.25, 0.3) is 0 Å². The van der Waals surface area contributed by atoms with Gasteiger partial charge in [-0.1, -0.05) is 48.0 Å². The van der Waals surface area contributed by atoms with E-state index in [1.54, 1.807) is 0 Å². The number of carbonyl (C=O) groups is 2. The molecule has 126 valence electrons. The van der Waals surface area contributed by atoms with Crippen molar-refractivity contribution in [1.29, 1.82) is 0 Å². The van der Waals surface area contributed by atoms with Crippen LogP contribution < -0.4 is 11.1 Å². The first kappa shape index (κ1) is 18.0. The molecule has 1 unspecified atom stereocenters. The third-order valence-electron chi connectivity index (χ3n) is 3.59. The van der Waals surface area contributed by atoms with Gasteiger partial charge >= 0.3 is 5.97 Å². The molecule has 0 aromatic heterocycles. The highest BCUT2D eigenvalue weighted by molar-refractivity contribution is 6.30. The Labute approximate surface area is 145 Å². The minimum atomic E-state index is -0.484. The molecule has 5 nitrogen and oxygen atoms in total. The van der Waals surface area contributed by atoms with Crippen LogP contribution in [0.5, 0.6) is 0 Å². The van der Waals surface area contributed by atoms with Crippen LogP contribution in [0.3, 0.4) is 0 Å². The summed E-state index contributed by atoms with van der Waals surface area (Å²) in [6, 6.07) is 14.6. The molecule has 1 atom stereocenters. The van der Waals surface area contributed by atoms with Crippen molar-refractivity contribution in [1.82, 2.24) is 5.32 Å². The number of amides is 1. The minimum absolute atomic E-state index is 0.0404. The molecule has 2 rings (SSSR count). The zero-order valence-electron chi connectivity index (χ0n) is 13.3. The average Bonchev–Trinajstić information content (AvgIpc) is 2.61. The van der Waals surface area contributed by atoms with Crippen molar-refractivity contribution in [2.24, 2.45) is 5.73 Å². The quantitative estimate of drug-likeness (QED) is 0.788. The summed E-state index contributed by atoms with van der Waals surface area (Å²) in [5.74, 6) is -0.737. The zero-order valence-corrected chi connectivity index (χ0v) is 14.0. The summed E-state index contributed by atoms with van der Waals surface area (Å²) < 4.78 is 4.69. The van der Waals surface area contributed by atoms with Gasteiger partial charge in [-0.05, 0) is 28.8 Å². The lowest BCUT2D eigenvalue weighted by molar-refractivity contribution is -0.141. The summed E-state index contributed by atoms with van der Waals surface area (Å²) in [6.07, 6.45) is 0.0404. The fourth-order valence-electron chi connectivity index (χ4n) is 2.33. The molecule has 3 N–H and O–H groups in total. The van der Waals surface area contributed by atoms with Crippen LogP contribution >= 0.6 is 11.6 Å². The van der Waals surface area contributed by atoms with Gasteiger partial charge in [-0.25, -0.2) is 0 Å². The van der Waals surface area contributed by atoms with E-state index in [0.717, 1.165) is 16.7 Å². The molecule has 6 heteroatoms. The molecule has 0 aliphatic heterocycles. The van der Waals surface area contributed by atoms with Crippen LogP contribution in [0.2, 0.25) is 5.02 Å². The lowest BCUT2D eigenvalue weighted by Gasteiger charge is -2.18. The minimum Gasteiger partial charge on any atom is -0.469 e. The van der Waals surface area contributed by atoms with Gasteiger partial charge in [0, 0.05) is 5.02 Å². The molecule has 0 heterocycles. The first-order valence-corrected chi connectivity index (χ1v) is 7.83. The Balaban J connectivity index is 2.23. The van der Waals surface area contributed by atoms with E-state index in [2.05, 4.69) is 10.1 Å². The van der Waals surface area contributed by atoms with E-state index in [4.69, 9.17) is 17.3 Å². The number of ether oxygens (including phenoxy) is 1. The van der Waals surface area contributed by atoms with E-state index in [1.165, 1.54) is 7.11 Å². The lowest BCUT2D eigenvalue weighted by Crippen LogP contribution is -2.35. The van der Waals surface area contributed by atoms with Gasteiger partial charge in [0.2, 0.25) is 5.91 Å². The number of benzene rings is 2. The van der Waals surface area contributed by atoms with Crippen LogP contribution in [-0.4, -0.2) is 25.5 Å². The standard InChI is InChI=1S/C18H19ClN2O3/c1-24-18(23)10-16(21-17(22)11-20)13-7-5-12(6-8-13)14-3-2-4-15(19)9-14/h2-9,16H,10-11,20H2,1H3,(H,21,22). The summed E-state index contributed by atoms with van der Waals surface area (Å²) in [5, 5.41) is 3.39. The maximum absolute atomic E-state index is 11.6. The molecule has 0 saturated heterocycles. The van der Waals surface area contributed by atoms with E-state index >= 15 is 0 Å². The van der Waals surface area contributed by atoms with E-state index in [-0.39, 0.29) is 18.9 Å². The highest BCUT2D eigenvalue weighted by atomic mass is 35.5. The Morgan fingerprint density at radius 1 is 1.17 bits per heavy atom.